The molecule has 42 heavy (non-hydrogen) atoms. The van der Waals surface area contributed by atoms with Crippen molar-refractivity contribution >= 4 is 0 Å². The molecule has 2 heterocycles. The maximum atomic E-state index is 6.16. The minimum atomic E-state index is 0. The van der Waals surface area contributed by atoms with E-state index in [1.54, 1.807) is 0 Å². The van der Waals surface area contributed by atoms with Gasteiger partial charge in [0.25, 0.3) is 0 Å². The topological polar surface area (TPSA) is 77.8 Å². The van der Waals surface area contributed by atoms with Gasteiger partial charge in [0.2, 0.25) is 23.6 Å². The van der Waals surface area contributed by atoms with Crippen LogP contribution in [0.25, 0.3) is 45.8 Å². The number of nitrogens with zero attached hydrogens (tertiary/aromatic N) is 4. The zero-order valence-electron chi connectivity index (χ0n) is 24.7. The van der Waals surface area contributed by atoms with Crippen LogP contribution in [0.2, 0.25) is 0 Å². The molecule has 6 nitrogen and oxygen atoms in total. The molecule has 0 radical (unpaired) electrons. The van der Waals surface area contributed by atoms with Crippen LogP contribution in [-0.4, -0.2) is 20.4 Å². The molecule has 6 heteroatoms. The summed E-state index contributed by atoms with van der Waals surface area (Å²) in [5.74, 6) is 2.23. The van der Waals surface area contributed by atoms with Gasteiger partial charge in [-0.3, -0.25) is 0 Å². The minimum Gasteiger partial charge on any atom is -0.416 e. The number of rotatable bonds is 6. The minimum absolute atomic E-state index is 0. The first-order valence-electron chi connectivity index (χ1n) is 14.0. The fourth-order valence-electron chi connectivity index (χ4n) is 4.56. The Morgan fingerprint density at radius 1 is 0.548 bits per heavy atom. The monoisotopic (exact) mass is 566 g/mol. The Hall–Kier alpha value is -4.06. The Morgan fingerprint density at radius 2 is 0.881 bits per heavy atom. The first-order chi connectivity index (χ1) is 18.9. The molecule has 1 atom stereocenters. The lowest BCUT2D eigenvalue weighted by Gasteiger charge is -2.18. The molecule has 0 spiro atoms. The fraction of sp³-hybridized carbons (Fsp3) is 0.389. The van der Waals surface area contributed by atoms with Gasteiger partial charge in [-0.15, -0.1) is 20.4 Å². The van der Waals surface area contributed by atoms with Crippen molar-refractivity contribution in [2.45, 2.75) is 93.4 Å². The highest BCUT2D eigenvalue weighted by molar-refractivity contribution is 5.68. The van der Waals surface area contributed by atoms with E-state index in [0.29, 0.717) is 29.5 Å². The largest absolute Gasteiger partial charge is 0.416 e. The summed E-state index contributed by atoms with van der Waals surface area (Å²) in [6.45, 7) is 17.6. The van der Waals surface area contributed by atoms with Gasteiger partial charge in [-0.25, -0.2) is 0 Å². The molecule has 0 aliphatic carbocycles. The van der Waals surface area contributed by atoms with Gasteiger partial charge in [0.1, 0.15) is 0 Å². The van der Waals surface area contributed by atoms with Crippen molar-refractivity contribution in [1.29, 1.82) is 0 Å². The van der Waals surface area contributed by atoms with E-state index < -0.39 is 0 Å². The molecule has 0 aliphatic heterocycles. The average Bonchev–Trinajstić information content (AvgIpc) is 3.62. The van der Waals surface area contributed by atoms with Crippen molar-refractivity contribution in [2.75, 3.05) is 0 Å². The highest BCUT2D eigenvalue weighted by Crippen LogP contribution is 2.34. The van der Waals surface area contributed by atoms with Crippen LogP contribution in [0.3, 0.4) is 0 Å². The Labute approximate surface area is 251 Å². The first kappa shape index (κ1) is 32.5. The van der Waals surface area contributed by atoms with E-state index in [1.165, 1.54) is 11.1 Å². The van der Waals surface area contributed by atoms with Gasteiger partial charge in [-0.2, -0.15) is 0 Å². The summed E-state index contributed by atoms with van der Waals surface area (Å²) in [5, 5.41) is 17.5. The summed E-state index contributed by atoms with van der Waals surface area (Å²) < 4.78 is 12.3. The van der Waals surface area contributed by atoms with Gasteiger partial charge in [0, 0.05) is 22.3 Å². The second-order valence-corrected chi connectivity index (χ2v) is 12.6. The quantitative estimate of drug-likeness (QED) is 0.203. The molecule has 222 valence electrons. The lowest BCUT2D eigenvalue weighted by atomic mass is 9.87. The molecular weight excluding hydrogens is 520 g/mol. The number of aromatic nitrogens is 4. The number of benzene rings is 3. The van der Waals surface area contributed by atoms with E-state index in [9.17, 15) is 0 Å². The summed E-state index contributed by atoms with van der Waals surface area (Å²) >= 11 is 0. The van der Waals surface area contributed by atoms with Crippen molar-refractivity contribution in [2.24, 2.45) is 0 Å². The average molecular weight is 567 g/mol. The number of hydrogen-bond donors (Lipinski definition) is 0. The second kappa shape index (κ2) is 12.4. The van der Waals surface area contributed by atoms with E-state index in [4.69, 9.17) is 8.83 Å². The highest BCUT2D eigenvalue weighted by atomic mass is 16.4. The van der Waals surface area contributed by atoms with E-state index in [-0.39, 0.29) is 25.7 Å². The third kappa shape index (κ3) is 6.87. The zero-order valence-corrected chi connectivity index (χ0v) is 24.7. The SMILES string of the molecule is C.C.CCC(C)c1cc(-c2nnc(-c3ccc(C(C)(C)C)cc3)o2)cc(-c2nnc(-c3ccc(C(C)(C)C)cc3)o2)c1. The smallest absolute Gasteiger partial charge is 0.248 e. The van der Waals surface area contributed by atoms with Gasteiger partial charge in [0.15, 0.2) is 0 Å². The zero-order chi connectivity index (χ0) is 28.7. The summed E-state index contributed by atoms with van der Waals surface area (Å²) in [6, 6.07) is 22.8. The molecule has 5 rings (SSSR count). The predicted octanol–water partition coefficient (Wildman–Crippen LogP) is 10.5. The van der Waals surface area contributed by atoms with Gasteiger partial charge in [-0.1, -0.05) is 94.5 Å². The summed E-state index contributed by atoms with van der Waals surface area (Å²) in [6.07, 6.45) is 0.993. The molecule has 1 unspecified atom stereocenters. The van der Waals surface area contributed by atoms with E-state index >= 15 is 0 Å². The molecule has 5 aromatic rings. The summed E-state index contributed by atoms with van der Waals surface area (Å²) in [5.41, 5.74) is 7.26. The molecule has 0 aliphatic rings. The van der Waals surface area contributed by atoms with E-state index in [0.717, 1.165) is 34.2 Å². The van der Waals surface area contributed by atoms with Gasteiger partial charge in [0.05, 0.1) is 0 Å². The molecule has 0 N–H and O–H groups in total. The third-order valence-electron chi connectivity index (χ3n) is 7.48. The van der Waals surface area contributed by atoms with Crippen LogP contribution in [0.15, 0.2) is 75.6 Å². The Bertz CT molecular complexity index is 1480. The summed E-state index contributed by atoms with van der Waals surface area (Å²) in [4.78, 5) is 0. The van der Waals surface area contributed by atoms with Gasteiger partial charge >= 0.3 is 0 Å². The number of hydrogen-bond acceptors (Lipinski definition) is 6. The molecular formula is C36H46N4O2. The second-order valence-electron chi connectivity index (χ2n) is 12.6. The van der Waals surface area contributed by atoms with Crippen molar-refractivity contribution in [3.8, 4) is 45.8 Å². The van der Waals surface area contributed by atoms with Crippen molar-refractivity contribution in [1.82, 2.24) is 20.4 Å². The molecule has 3 aromatic carbocycles. The molecule has 0 amide bonds. The van der Waals surface area contributed by atoms with Crippen molar-refractivity contribution in [3.63, 3.8) is 0 Å². The molecule has 2 aromatic heterocycles. The Balaban J connectivity index is 0.00000242. The van der Waals surface area contributed by atoms with Crippen LogP contribution in [-0.2, 0) is 10.8 Å². The lowest BCUT2D eigenvalue weighted by Crippen LogP contribution is -2.10. The maximum absolute atomic E-state index is 6.16. The highest BCUT2D eigenvalue weighted by Gasteiger charge is 2.19. The third-order valence-corrected chi connectivity index (χ3v) is 7.48. The normalized spacial score (nSPS) is 12.4. The maximum Gasteiger partial charge on any atom is 0.248 e. The van der Waals surface area contributed by atoms with Crippen LogP contribution in [0.5, 0.6) is 0 Å². The Morgan fingerprint density at radius 3 is 1.19 bits per heavy atom. The molecule has 0 bridgehead atoms. The van der Waals surface area contributed by atoms with Crippen LogP contribution in [0, 0.1) is 0 Å². The van der Waals surface area contributed by atoms with Crippen LogP contribution in [0.1, 0.15) is 99.3 Å². The first-order valence-corrected chi connectivity index (χ1v) is 14.0. The van der Waals surface area contributed by atoms with Crippen molar-refractivity contribution in [3.05, 3.63) is 83.4 Å². The molecule has 0 fully saturated rings. The molecule has 0 saturated carbocycles. The fourth-order valence-corrected chi connectivity index (χ4v) is 4.56. The molecule has 0 saturated heterocycles. The standard InChI is InChI=1S/C34H38N4O2.2CH4/c1-9-21(2)24-18-25(31-37-35-29(39-31)22-10-14-27(15-11-22)33(3,4)5)20-26(19-24)32-38-36-30(40-32)23-12-16-28(17-13-23)34(6,7)8;;/h10-21H,9H2,1-8H3;2*1H4. The Kier molecular flexibility index (Phi) is 9.61. The van der Waals surface area contributed by atoms with E-state index in [2.05, 4.69) is 112 Å². The van der Waals surface area contributed by atoms with Crippen molar-refractivity contribution < 1.29 is 8.83 Å². The van der Waals surface area contributed by atoms with Crippen LogP contribution < -0.4 is 0 Å². The van der Waals surface area contributed by atoms with Crippen LogP contribution >= 0.6 is 0 Å². The lowest BCUT2D eigenvalue weighted by molar-refractivity contribution is 0.579. The van der Waals surface area contributed by atoms with E-state index in [1.807, 2.05) is 30.3 Å². The summed E-state index contributed by atoms with van der Waals surface area (Å²) in [7, 11) is 0. The predicted molar refractivity (Wildman–Crippen MR) is 173 cm³/mol. The van der Waals surface area contributed by atoms with Crippen LogP contribution in [0.4, 0.5) is 0 Å². The van der Waals surface area contributed by atoms with Gasteiger partial charge in [-0.05, 0) is 82.3 Å². The van der Waals surface area contributed by atoms with Gasteiger partial charge < -0.3 is 8.83 Å².